The molecule has 1 aromatic carbocycles. The largest absolute Gasteiger partial charge is 0.416 e. The van der Waals surface area contributed by atoms with Crippen LogP contribution in [-0.2, 0) is 6.18 Å². The molecule has 0 radical (unpaired) electrons. The van der Waals surface area contributed by atoms with Crippen LogP contribution >= 0.6 is 11.8 Å². The van der Waals surface area contributed by atoms with E-state index in [4.69, 9.17) is 0 Å². The highest BCUT2D eigenvalue weighted by Crippen LogP contribution is 2.43. The lowest BCUT2D eigenvalue weighted by Gasteiger charge is -2.17. The fraction of sp³-hybridized carbons (Fsp3) is 0.143. The van der Waals surface area contributed by atoms with Gasteiger partial charge in [0.25, 0.3) is 0 Å². The summed E-state index contributed by atoms with van der Waals surface area (Å²) in [6, 6.07) is 4.06. The van der Waals surface area contributed by atoms with Gasteiger partial charge in [-0.25, -0.2) is 0 Å². The minimum Gasteiger partial charge on any atom is -0.166 e. The molecule has 0 aromatic heterocycles. The maximum Gasteiger partial charge on any atom is 0.416 e. The molecule has 2 bridgehead atoms. The first kappa shape index (κ1) is 7.03. The van der Waals surface area contributed by atoms with E-state index in [1.165, 1.54) is 11.8 Å². The van der Waals surface area contributed by atoms with E-state index in [2.05, 4.69) is 0 Å². The Morgan fingerprint density at radius 3 is 1.73 bits per heavy atom. The van der Waals surface area contributed by atoms with Gasteiger partial charge in [-0.15, -0.1) is 0 Å². The first-order valence-corrected chi connectivity index (χ1v) is 3.77. The van der Waals surface area contributed by atoms with Gasteiger partial charge >= 0.3 is 6.18 Å². The Labute approximate surface area is 65.4 Å². The van der Waals surface area contributed by atoms with Crippen molar-refractivity contribution < 1.29 is 13.2 Å². The van der Waals surface area contributed by atoms with E-state index in [1.807, 2.05) is 0 Å². The summed E-state index contributed by atoms with van der Waals surface area (Å²) < 4.78 is 36.0. The van der Waals surface area contributed by atoms with Gasteiger partial charge < -0.3 is 0 Å². The third kappa shape index (κ3) is 1.11. The van der Waals surface area contributed by atoms with E-state index in [0.29, 0.717) is 9.79 Å². The van der Waals surface area contributed by atoms with Crippen LogP contribution in [0.4, 0.5) is 13.2 Å². The second kappa shape index (κ2) is 1.94. The van der Waals surface area contributed by atoms with Gasteiger partial charge in [0, 0.05) is 9.79 Å². The predicted octanol–water partition coefficient (Wildman–Crippen LogP) is 3.17. The molecule has 0 nitrogen and oxygen atoms in total. The standard InChI is InChI=1S/C7H3F3S/c8-7(9,10)4-1-5-3-6(2-4)11-5/h1-3H. The van der Waals surface area contributed by atoms with E-state index >= 15 is 0 Å². The van der Waals surface area contributed by atoms with Crippen molar-refractivity contribution >= 4 is 11.8 Å². The Kier molecular flexibility index (Phi) is 1.24. The maximum absolute atomic E-state index is 12.0. The number of hydrogen-bond acceptors (Lipinski definition) is 1. The van der Waals surface area contributed by atoms with Crippen LogP contribution in [0, 0.1) is 0 Å². The highest BCUT2D eigenvalue weighted by atomic mass is 32.2. The predicted molar refractivity (Wildman–Crippen MR) is 35.6 cm³/mol. The summed E-state index contributed by atoms with van der Waals surface area (Å²) in [6.45, 7) is 0. The van der Waals surface area contributed by atoms with E-state index in [9.17, 15) is 13.2 Å². The van der Waals surface area contributed by atoms with Crippen LogP contribution in [0.1, 0.15) is 5.56 Å². The summed E-state index contributed by atoms with van der Waals surface area (Å²) >= 11 is 1.38. The lowest BCUT2D eigenvalue weighted by atomic mass is 10.2. The Bertz CT molecular complexity index is 283. The molecule has 0 fully saturated rings. The van der Waals surface area contributed by atoms with Crippen LogP contribution in [0.2, 0.25) is 0 Å². The quantitative estimate of drug-likeness (QED) is 0.594. The number of hydrogen-bond donors (Lipinski definition) is 0. The Hall–Kier alpha value is -0.640. The third-order valence-electron chi connectivity index (χ3n) is 1.44. The average molecular weight is 176 g/mol. The SMILES string of the molecule is FC(F)(F)c1cc2cc(c1)S2. The van der Waals surface area contributed by atoms with Gasteiger partial charge in [0.1, 0.15) is 0 Å². The molecule has 0 amide bonds. The molecule has 1 aromatic rings. The second-order valence-corrected chi connectivity index (χ2v) is 3.44. The summed E-state index contributed by atoms with van der Waals surface area (Å²) in [5, 5.41) is 0. The van der Waals surface area contributed by atoms with Crippen LogP contribution in [0.15, 0.2) is 28.0 Å². The van der Waals surface area contributed by atoms with Crippen molar-refractivity contribution in [3.05, 3.63) is 23.8 Å². The molecule has 0 saturated heterocycles. The summed E-state index contributed by atoms with van der Waals surface area (Å²) in [7, 11) is 0. The van der Waals surface area contributed by atoms with Gasteiger partial charge in [0.15, 0.2) is 0 Å². The maximum atomic E-state index is 12.0. The molecule has 0 saturated carbocycles. The van der Waals surface area contributed by atoms with Crippen molar-refractivity contribution in [1.29, 1.82) is 0 Å². The second-order valence-electron chi connectivity index (χ2n) is 2.29. The molecule has 0 spiro atoms. The highest BCUT2D eigenvalue weighted by molar-refractivity contribution is 8.00. The number of rotatable bonds is 0. The molecule has 0 atom stereocenters. The lowest BCUT2D eigenvalue weighted by molar-refractivity contribution is -0.137. The molecule has 11 heavy (non-hydrogen) atoms. The minimum atomic E-state index is -4.19. The van der Waals surface area contributed by atoms with Gasteiger partial charge in [-0.2, -0.15) is 13.2 Å². The van der Waals surface area contributed by atoms with Gasteiger partial charge in [-0.3, -0.25) is 0 Å². The minimum absolute atomic E-state index is 0.538. The Morgan fingerprint density at radius 1 is 1.00 bits per heavy atom. The zero-order valence-corrected chi connectivity index (χ0v) is 6.09. The van der Waals surface area contributed by atoms with Crippen molar-refractivity contribution in [2.24, 2.45) is 0 Å². The number of benzene rings is 1. The normalized spacial score (nSPS) is 14.5. The first-order valence-electron chi connectivity index (χ1n) is 2.96. The third-order valence-corrected chi connectivity index (χ3v) is 2.39. The Morgan fingerprint density at radius 2 is 1.45 bits per heavy atom. The van der Waals surface area contributed by atoms with Crippen molar-refractivity contribution in [3.63, 3.8) is 0 Å². The van der Waals surface area contributed by atoms with E-state index in [1.54, 1.807) is 6.07 Å². The van der Waals surface area contributed by atoms with Crippen LogP contribution in [0.5, 0.6) is 0 Å². The molecule has 2 aliphatic heterocycles. The van der Waals surface area contributed by atoms with Crippen LogP contribution in [0.3, 0.4) is 0 Å². The van der Waals surface area contributed by atoms with Gasteiger partial charge in [-0.1, -0.05) is 11.8 Å². The molecule has 2 aliphatic rings. The average Bonchev–Trinajstić information content (AvgIpc) is 1.84. The van der Waals surface area contributed by atoms with Crippen molar-refractivity contribution in [1.82, 2.24) is 0 Å². The molecule has 3 rings (SSSR count). The number of fused-ring (bicyclic) bond motifs is 2. The number of halogens is 3. The summed E-state index contributed by atoms with van der Waals surface area (Å²) in [6.07, 6.45) is -4.19. The summed E-state index contributed by atoms with van der Waals surface area (Å²) in [4.78, 5) is 1.41. The molecule has 58 valence electrons. The van der Waals surface area contributed by atoms with Gasteiger partial charge in [0.2, 0.25) is 0 Å². The summed E-state index contributed by atoms with van der Waals surface area (Å²) in [5.74, 6) is 0. The first-order chi connectivity index (χ1) is 5.05. The van der Waals surface area contributed by atoms with Crippen LogP contribution < -0.4 is 0 Å². The van der Waals surface area contributed by atoms with Crippen molar-refractivity contribution in [2.75, 3.05) is 0 Å². The Balaban J connectivity index is 2.44. The lowest BCUT2D eigenvalue weighted by Crippen LogP contribution is -2.06. The molecular weight excluding hydrogens is 173 g/mol. The highest BCUT2D eigenvalue weighted by Gasteiger charge is 2.32. The summed E-state index contributed by atoms with van der Waals surface area (Å²) in [5.41, 5.74) is -0.538. The molecule has 0 aliphatic carbocycles. The van der Waals surface area contributed by atoms with Gasteiger partial charge in [-0.05, 0) is 18.2 Å². The van der Waals surface area contributed by atoms with E-state index < -0.39 is 11.7 Å². The zero-order valence-electron chi connectivity index (χ0n) is 5.27. The van der Waals surface area contributed by atoms with Crippen molar-refractivity contribution in [3.8, 4) is 0 Å². The molecule has 0 unspecified atom stereocenters. The zero-order chi connectivity index (χ0) is 8.06. The fourth-order valence-electron chi connectivity index (χ4n) is 0.931. The van der Waals surface area contributed by atoms with Crippen LogP contribution in [-0.4, -0.2) is 0 Å². The fourth-order valence-corrected chi connectivity index (χ4v) is 1.76. The van der Waals surface area contributed by atoms with E-state index in [0.717, 1.165) is 12.1 Å². The van der Waals surface area contributed by atoms with Crippen LogP contribution in [0.25, 0.3) is 0 Å². The van der Waals surface area contributed by atoms with E-state index in [-0.39, 0.29) is 0 Å². The van der Waals surface area contributed by atoms with Crippen molar-refractivity contribution in [2.45, 2.75) is 16.0 Å². The topological polar surface area (TPSA) is 0 Å². The van der Waals surface area contributed by atoms with Gasteiger partial charge in [0.05, 0.1) is 5.56 Å². The molecule has 2 heterocycles. The monoisotopic (exact) mass is 176 g/mol. The molecular formula is C7H3F3S. The smallest absolute Gasteiger partial charge is 0.166 e. The molecule has 4 heteroatoms. The number of alkyl halides is 3. The molecule has 0 N–H and O–H groups in total.